The van der Waals surface area contributed by atoms with Gasteiger partial charge in [-0.1, -0.05) is 0 Å². The number of hydrogen-bond acceptors (Lipinski definition) is 4. The topological polar surface area (TPSA) is 73.3 Å². The number of aryl methyl sites for hydroxylation is 1. The molecule has 7 nitrogen and oxygen atoms in total. The summed E-state index contributed by atoms with van der Waals surface area (Å²) < 4.78 is 2.78. The number of pyridine rings is 1. The predicted octanol–water partition coefficient (Wildman–Crippen LogP) is 0.570. The van der Waals surface area contributed by atoms with Crippen molar-refractivity contribution in [3.05, 3.63) is 44.4 Å². The lowest BCUT2D eigenvalue weighted by molar-refractivity contribution is 0.365. The highest BCUT2D eigenvalue weighted by molar-refractivity contribution is 5.75. The molecule has 3 heterocycles. The number of piperidine rings is 1. The molecule has 7 heteroatoms. The number of fused-ring (bicyclic) bond motifs is 1. The SMILES string of the molecule is [C-]#[N+]c1cnc2c(c1)n(C)c(=O)c(=O)n2C1CCNCC1. The van der Waals surface area contributed by atoms with Gasteiger partial charge in [0.1, 0.15) is 0 Å². The fraction of sp³-hybridized carbons (Fsp3) is 0.429. The van der Waals surface area contributed by atoms with E-state index in [0.717, 1.165) is 25.9 Å². The maximum Gasteiger partial charge on any atom is 0.318 e. The minimum absolute atomic E-state index is 0.0264. The Labute approximate surface area is 120 Å². The third-order valence-corrected chi connectivity index (χ3v) is 3.93. The van der Waals surface area contributed by atoms with Crippen molar-refractivity contribution >= 4 is 16.9 Å². The predicted molar refractivity (Wildman–Crippen MR) is 78.6 cm³/mol. The first-order chi connectivity index (χ1) is 10.1. The average Bonchev–Trinajstić information content (AvgIpc) is 2.54. The number of nitrogens with zero attached hydrogens (tertiary/aromatic N) is 4. The van der Waals surface area contributed by atoms with E-state index < -0.39 is 11.1 Å². The van der Waals surface area contributed by atoms with E-state index in [2.05, 4.69) is 15.1 Å². The van der Waals surface area contributed by atoms with Gasteiger partial charge in [-0.25, -0.2) is 9.83 Å². The molecule has 1 N–H and O–H groups in total. The van der Waals surface area contributed by atoms with Crippen LogP contribution in [0.25, 0.3) is 16.0 Å². The third-order valence-electron chi connectivity index (χ3n) is 3.93. The van der Waals surface area contributed by atoms with Gasteiger partial charge in [0.25, 0.3) is 0 Å². The fourth-order valence-corrected chi connectivity index (χ4v) is 2.78. The van der Waals surface area contributed by atoms with Crippen LogP contribution >= 0.6 is 0 Å². The molecule has 0 spiro atoms. The second-order valence-corrected chi connectivity index (χ2v) is 5.17. The van der Waals surface area contributed by atoms with Gasteiger partial charge in [0.15, 0.2) is 5.65 Å². The Morgan fingerprint density at radius 3 is 2.71 bits per heavy atom. The molecule has 0 atom stereocenters. The first-order valence-corrected chi connectivity index (χ1v) is 6.83. The molecular weight excluding hydrogens is 270 g/mol. The molecule has 0 aliphatic carbocycles. The Morgan fingerprint density at radius 2 is 2.05 bits per heavy atom. The van der Waals surface area contributed by atoms with Crippen LogP contribution in [0.4, 0.5) is 5.69 Å². The van der Waals surface area contributed by atoms with Crippen molar-refractivity contribution < 1.29 is 0 Å². The molecule has 108 valence electrons. The molecule has 21 heavy (non-hydrogen) atoms. The Morgan fingerprint density at radius 1 is 1.33 bits per heavy atom. The van der Waals surface area contributed by atoms with Crippen LogP contribution < -0.4 is 16.4 Å². The van der Waals surface area contributed by atoms with Gasteiger partial charge >= 0.3 is 11.1 Å². The second-order valence-electron chi connectivity index (χ2n) is 5.17. The second kappa shape index (κ2) is 5.14. The molecule has 0 unspecified atom stereocenters. The van der Waals surface area contributed by atoms with Crippen LogP contribution in [-0.4, -0.2) is 27.2 Å². The van der Waals surface area contributed by atoms with E-state index in [-0.39, 0.29) is 6.04 Å². The standard InChI is InChI=1S/C14H15N5O2/c1-15-9-7-11-12(17-8-9)19(10-3-5-16-6-4-10)14(21)13(20)18(11)2/h7-8,10,16H,3-6H2,2H3. The molecular formula is C14H15N5O2. The average molecular weight is 285 g/mol. The van der Waals surface area contributed by atoms with Crippen molar-refractivity contribution in [2.75, 3.05) is 13.1 Å². The molecule has 3 rings (SSSR count). The smallest absolute Gasteiger partial charge is 0.317 e. The van der Waals surface area contributed by atoms with Gasteiger partial charge < -0.3 is 9.88 Å². The van der Waals surface area contributed by atoms with E-state index in [1.54, 1.807) is 6.07 Å². The van der Waals surface area contributed by atoms with Gasteiger partial charge in [0.05, 0.1) is 12.1 Å². The van der Waals surface area contributed by atoms with Gasteiger partial charge in [-0.15, -0.1) is 0 Å². The highest BCUT2D eigenvalue weighted by Gasteiger charge is 2.21. The summed E-state index contributed by atoms with van der Waals surface area (Å²) >= 11 is 0. The Hall–Kier alpha value is -2.46. The van der Waals surface area contributed by atoms with Crippen molar-refractivity contribution in [3.63, 3.8) is 0 Å². The highest BCUT2D eigenvalue weighted by Crippen LogP contribution is 2.22. The van der Waals surface area contributed by atoms with Gasteiger partial charge in [-0.3, -0.25) is 14.2 Å². The zero-order valence-corrected chi connectivity index (χ0v) is 11.7. The van der Waals surface area contributed by atoms with Gasteiger partial charge in [-0.05, 0) is 32.0 Å². The van der Waals surface area contributed by atoms with Crippen molar-refractivity contribution in [1.82, 2.24) is 19.4 Å². The summed E-state index contributed by atoms with van der Waals surface area (Å²) in [5.74, 6) is 0. The van der Waals surface area contributed by atoms with Crippen LogP contribution in [0.15, 0.2) is 21.9 Å². The van der Waals surface area contributed by atoms with E-state index >= 15 is 0 Å². The van der Waals surface area contributed by atoms with E-state index in [0.29, 0.717) is 16.9 Å². The summed E-state index contributed by atoms with van der Waals surface area (Å²) in [5, 5.41) is 3.24. The normalized spacial score (nSPS) is 16.0. The summed E-state index contributed by atoms with van der Waals surface area (Å²) in [7, 11) is 1.54. The van der Waals surface area contributed by atoms with Crippen molar-refractivity contribution in [2.45, 2.75) is 18.9 Å². The molecule has 2 aromatic heterocycles. The van der Waals surface area contributed by atoms with Crippen LogP contribution in [0, 0.1) is 6.57 Å². The molecule has 0 saturated carbocycles. The molecule has 0 amide bonds. The molecule has 0 radical (unpaired) electrons. The van der Waals surface area contributed by atoms with Crippen molar-refractivity contribution in [3.8, 4) is 0 Å². The van der Waals surface area contributed by atoms with Crippen LogP contribution in [0.2, 0.25) is 0 Å². The van der Waals surface area contributed by atoms with Gasteiger partial charge in [0.2, 0.25) is 5.69 Å². The lowest BCUT2D eigenvalue weighted by Gasteiger charge is -2.25. The zero-order chi connectivity index (χ0) is 15.0. The first-order valence-electron chi connectivity index (χ1n) is 6.83. The molecule has 0 aromatic carbocycles. The Bertz CT molecular complexity index is 853. The molecule has 1 aliphatic heterocycles. The Kier molecular flexibility index (Phi) is 3.31. The molecule has 1 saturated heterocycles. The molecule has 1 fully saturated rings. The van der Waals surface area contributed by atoms with E-state index in [1.165, 1.54) is 22.4 Å². The maximum atomic E-state index is 12.4. The number of rotatable bonds is 1. The lowest BCUT2D eigenvalue weighted by Crippen LogP contribution is -2.44. The van der Waals surface area contributed by atoms with Crippen LogP contribution in [0.3, 0.4) is 0 Å². The van der Waals surface area contributed by atoms with E-state index in [9.17, 15) is 9.59 Å². The number of nitrogens with one attached hydrogen (secondary N) is 1. The third kappa shape index (κ3) is 2.14. The fourth-order valence-electron chi connectivity index (χ4n) is 2.78. The number of hydrogen-bond donors (Lipinski definition) is 1. The first kappa shape index (κ1) is 13.5. The molecule has 2 aromatic rings. The van der Waals surface area contributed by atoms with E-state index in [4.69, 9.17) is 6.57 Å². The maximum absolute atomic E-state index is 12.4. The summed E-state index contributed by atoms with van der Waals surface area (Å²) in [6.07, 6.45) is 3.01. The van der Waals surface area contributed by atoms with Crippen LogP contribution in [0.1, 0.15) is 18.9 Å². The van der Waals surface area contributed by atoms with E-state index in [1.807, 2.05) is 0 Å². The summed E-state index contributed by atoms with van der Waals surface area (Å²) in [4.78, 5) is 32.1. The summed E-state index contributed by atoms with van der Waals surface area (Å²) in [6, 6.07) is 1.58. The van der Waals surface area contributed by atoms with Crippen LogP contribution in [-0.2, 0) is 7.05 Å². The van der Waals surface area contributed by atoms with Gasteiger partial charge in [-0.2, -0.15) is 0 Å². The minimum atomic E-state index is -0.579. The van der Waals surface area contributed by atoms with Crippen molar-refractivity contribution in [2.24, 2.45) is 7.05 Å². The molecule has 0 bridgehead atoms. The highest BCUT2D eigenvalue weighted by atomic mass is 16.2. The summed E-state index contributed by atoms with van der Waals surface area (Å²) in [6.45, 7) is 8.68. The quantitative estimate of drug-likeness (QED) is 0.614. The monoisotopic (exact) mass is 285 g/mol. The largest absolute Gasteiger partial charge is 0.318 e. The summed E-state index contributed by atoms with van der Waals surface area (Å²) in [5.41, 5.74) is 0.228. The zero-order valence-electron chi connectivity index (χ0n) is 11.7. The lowest BCUT2D eigenvalue weighted by atomic mass is 10.1. The molecule has 1 aliphatic rings. The Balaban J connectivity index is 2.35. The van der Waals surface area contributed by atoms with Gasteiger partial charge in [0, 0.05) is 19.3 Å². The van der Waals surface area contributed by atoms with Crippen molar-refractivity contribution in [1.29, 1.82) is 0 Å². The minimum Gasteiger partial charge on any atom is -0.317 e. The number of aromatic nitrogens is 3. The van der Waals surface area contributed by atoms with Crippen LogP contribution in [0.5, 0.6) is 0 Å².